The van der Waals surface area contributed by atoms with Crippen LogP contribution in [0, 0.1) is 0 Å². The number of methoxy groups -OCH3 is 1. The van der Waals surface area contributed by atoms with Crippen molar-refractivity contribution >= 4 is 15.8 Å². The molecule has 0 spiro atoms. The van der Waals surface area contributed by atoms with Gasteiger partial charge in [-0.1, -0.05) is 6.92 Å². The summed E-state index contributed by atoms with van der Waals surface area (Å²) in [7, 11) is -2.01. The van der Waals surface area contributed by atoms with Crippen LogP contribution in [0.1, 0.15) is 34.1 Å². The summed E-state index contributed by atoms with van der Waals surface area (Å²) in [6.07, 6.45) is 0.895. The average molecular weight is 309 g/mol. The van der Waals surface area contributed by atoms with Gasteiger partial charge in [0.15, 0.2) is 9.84 Å². The number of hydrogen-bond acceptors (Lipinski definition) is 6. The van der Waals surface area contributed by atoms with Gasteiger partial charge in [-0.3, -0.25) is 4.79 Å². The van der Waals surface area contributed by atoms with E-state index in [4.69, 9.17) is 9.47 Å². The molecule has 120 valence electrons. The summed E-state index contributed by atoms with van der Waals surface area (Å²) in [5.74, 6) is -1.46. The van der Waals surface area contributed by atoms with Crippen molar-refractivity contribution in [3.05, 3.63) is 0 Å². The van der Waals surface area contributed by atoms with Crippen molar-refractivity contribution in [2.75, 3.05) is 31.8 Å². The van der Waals surface area contributed by atoms with Crippen LogP contribution in [0.2, 0.25) is 0 Å². The third-order valence-electron chi connectivity index (χ3n) is 2.26. The van der Waals surface area contributed by atoms with Crippen molar-refractivity contribution in [1.82, 2.24) is 5.32 Å². The average Bonchev–Trinajstić information content (AvgIpc) is 2.21. The van der Waals surface area contributed by atoms with E-state index in [1.54, 1.807) is 20.8 Å². The largest absolute Gasteiger partial charge is 0.459 e. The molecule has 0 amide bonds. The normalized spacial score (nSPS) is 14.1. The minimum atomic E-state index is -3.52. The molecule has 0 aliphatic carbocycles. The Labute approximate surface area is 122 Å². The van der Waals surface area contributed by atoms with Crippen LogP contribution < -0.4 is 5.32 Å². The molecule has 0 rings (SSSR count). The summed E-state index contributed by atoms with van der Waals surface area (Å²) in [6.45, 7) is 8.09. The predicted octanol–water partition coefficient (Wildman–Crippen LogP) is 0.758. The molecule has 0 heterocycles. The maximum Gasteiger partial charge on any atom is 0.321 e. The van der Waals surface area contributed by atoms with Gasteiger partial charge in [0.2, 0.25) is 0 Å². The maximum absolute atomic E-state index is 12.0. The summed E-state index contributed by atoms with van der Waals surface area (Å²) in [5.41, 5.74) is -0.682. The first-order chi connectivity index (χ1) is 9.09. The lowest BCUT2D eigenvalue weighted by Gasteiger charge is -2.20. The molecule has 0 bridgehead atoms. The Hall–Kier alpha value is -0.660. The highest BCUT2D eigenvalue weighted by molar-refractivity contribution is 7.92. The molecular weight excluding hydrogens is 282 g/mol. The number of sulfone groups is 1. The van der Waals surface area contributed by atoms with Gasteiger partial charge in [0.1, 0.15) is 11.4 Å². The zero-order chi connectivity index (χ0) is 15.8. The van der Waals surface area contributed by atoms with E-state index in [0.717, 1.165) is 6.42 Å². The highest BCUT2D eigenvalue weighted by atomic mass is 32.2. The number of carbonyl (C=O) groups excluding carboxylic acids is 1. The van der Waals surface area contributed by atoms with E-state index in [0.29, 0.717) is 6.54 Å². The Kier molecular flexibility index (Phi) is 8.30. The van der Waals surface area contributed by atoms with E-state index < -0.39 is 27.2 Å². The molecule has 1 unspecified atom stereocenters. The van der Waals surface area contributed by atoms with Gasteiger partial charge >= 0.3 is 5.97 Å². The van der Waals surface area contributed by atoms with Crippen molar-refractivity contribution in [3.63, 3.8) is 0 Å². The number of hydrogen-bond donors (Lipinski definition) is 1. The topological polar surface area (TPSA) is 81.7 Å². The molecule has 1 N–H and O–H groups in total. The van der Waals surface area contributed by atoms with E-state index >= 15 is 0 Å². The number of rotatable bonds is 9. The van der Waals surface area contributed by atoms with Gasteiger partial charge in [0.25, 0.3) is 0 Å². The molecule has 7 heteroatoms. The van der Waals surface area contributed by atoms with Crippen LogP contribution in [-0.4, -0.2) is 57.8 Å². The van der Waals surface area contributed by atoms with Crippen LogP contribution in [0.3, 0.4) is 0 Å². The third-order valence-corrected chi connectivity index (χ3v) is 3.85. The van der Waals surface area contributed by atoms with Gasteiger partial charge in [-0.05, 0) is 33.7 Å². The van der Waals surface area contributed by atoms with Gasteiger partial charge < -0.3 is 14.8 Å². The number of esters is 1. The van der Waals surface area contributed by atoms with Crippen LogP contribution in [0.15, 0.2) is 0 Å². The zero-order valence-corrected chi connectivity index (χ0v) is 13.9. The van der Waals surface area contributed by atoms with Crippen LogP contribution in [0.25, 0.3) is 0 Å². The van der Waals surface area contributed by atoms with E-state index in [9.17, 15) is 13.2 Å². The summed E-state index contributed by atoms with van der Waals surface area (Å²) >= 11 is 0. The molecule has 0 aromatic heterocycles. The SMILES string of the molecule is CCCNC(COC)CS(=O)(=O)CC(=O)OC(C)(C)C. The van der Waals surface area contributed by atoms with Crippen molar-refractivity contribution in [2.24, 2.45) is 0 Å². The molecule has 0 radical (unpaired) electrons. The fourth-order valence-electron chi connectivity index (χ4n) is 1.63. The monoisotopic (exact) mass is 309 g/mol. The Balaban J connectivity index is 4.50. The Morgan fingerprint density at radius 2 is 1.90 bits per heavy atom. The third kappa shape index (κ3) is 10.2. The van der Waals surface area contributed by atoms with Crippen molar-refractivity contribution in [3.8, 4) is 0 Å². The van der Waals surface area contributed by atoms with Gasteiger partial charge in [0, 0.05) is 13.2 Å². The molecule has 0 saturated heterocycles. The van der Waals surface area contributed by atoms with E-state index in [-0.39, 0.29) is 18.4 Å². The summed E-state index contributed by atoms with van der Waals surface area (Å²) in [6, 6.07) is -0.313. The minimum absolute atomic E-state index is 0.139. The molecule has 20 heavy (non-hydrogen) atoms. The summed E-state index contributed by atoms with van der Waals surface area (Å²) in [5, 5.41) is 3.09. The Bertz CT molecular complexity index is 386. The first-order valence-electron chi connectivity index (χ1n) is 6.74. The summed E-state index contributed by atoms with van der Waals surface area (Å²) < 4.78 is 34.0. The molecule has 0 saturated carbocycles. The van der Waals surface area contributed by atoms with Crippen molar-refractivity contribution in [1.29, 1.82) is 0 Å². The molecule has 6 nitrogen and oxygen atoms in total. The quantitative estimate of drug-likeness (QED) is 0.633. The fraction of sp³-hybridized carbons (Fsp3) is 0.923. The van der Waals surface area contributed by atoms with Crippen LogP contribution >= 0.6 is 0 Å². The summed E-state index contributed by atoms with van der Waals surface area (Å²) in [4.78, 5) is 11.6. The molecule has 0 aliphatic rings. The fourth-order valence-corrected chi connectivity index (χ4v) is 2.99. The van der Waals surface area contributed by atoms with Crippen LogP contribution in [-0.2, 0) is 24.1 Å². The highest BCUT2D eigenvalue weighted by Gasteiger charge is 2.25. The standard InChI is InChI=1S/C13H27NO5S/c1-6-7-14-11(8-18-5)9-20(16,17)10-12(15)19-13(2,3)4/h11,14H,6-10H2,1-5H3. The van der Waals surface area contributed by atoms with E-state index in [1.807, 2.05) is 6.92 Å². The zero-order valence-electron chi connectivity index (χ0n) is 13.1. The molecule has 0 aromatic rings. The Morgan fingerprint density at radius 3 is 2.35 bits per heavy atom. The highest BCUT2D eigenvalue weighted by Crippen LogP contribution is 2.08. The maximum atomic E-state index is 12.0. The molecule has 0 fully saturated rings. The molecule has 0 aromatic carbocycles. The van der Waals surface area contributed by atoms with Gasteiger partial charge in [-0.2, -0.15) is 0 Å². The van der Waals surface area contributed by atoms with E-state index in [1.165, 1.54) is 7.11 Å². The first-order valence-corrected chi connectivity index (χ1v) is 8.56. The van der Waals surface area contributed by atoms with Crippen LogP contribution in [0.5, 0.6) is 0 Å². The number of nitrogens with one attached hydrogen (secondary N) is 1. The lowest BCUT2D eigenvalue weighted by molar-refractivity contribution is -0.151. The number of carbonyl (C=O) groups is 1. The van der Waals surface area contributed by atoms with Crippen LogP contribution in [0.4, 0.5) is 0 Å². The molecule has 0 aliphatic heterocycles. The van der Waals surface area contributed by atoms with Gasteiger partial charge in [-0.15, -0.1) is 0 Å². The van der Waals surface area contributed by atoms with Gasteiger partial charge in [-0.25, -0.2) is 8.42 Å². The first kappa shape index (κ1) is 19.3. The minimum Gasteiger partial charge on any atom is -0.459 e. The second-order valence-electron chi connectivity index (χ2n) is 5.75. The van der Waals surface area contributed by atoms with Gasteiger partial charge in [0.05, 0.1) is 12.4 Å². The second kappa shape index (κ2) is 8.59. The lowest BCUT2D eigenvalue weighted by atomic mass is 10.2. The molecule has 1 atom stereocenters. The Morgan fingerprint density at radius 1 is 1.30 bits per heavy atom. The second-order valence-corrected chi connectivity index (χ2v) is 7.86. The molecular formula is C13H27NO5S. The van der Waals surface area contributed by atoms with Crippen molar-refractivity contribution in [2.45, 2.75) is 45.8 Å². The predicted molar refractivity (Wildman–Crippen MR) is 78.5 cm³/mol. The van der Waals surface area contributed by atoms with E-state index in [2.05, 4.69) is 5.32 Å². The number of ether oxygens (including phenoxy) is 2. The lowest BCUT2D eigenvalue weighted by Crippen LogP contribution is -2.41. The smallest absolute Gasteiger partial charge is 0.321 e. The van der Waals surface area contributed by atoms with Crippen molar-refractivity contribution < 1.29 is 22.7 Å².